The zero-order chi connectivity index (χ0) is 14.4. The molecule has 19 heavy (non-hydrogen) atoms. The van der Waals surface area contributed by atoms with Crippen molar-refractivity contribution in [3.8, 4) is 5.75 Å². The third-order valence-corrected chi connectivity index (χ3v) is 3.03. The highest BCUT2D eigenvalue weighted by Gasteiger charge is 2.13. The third-order valence-electron chi connectivity index (χ3n) is 3.03. The minimum Gasteiger partial charge on any atom is -0.496 e. The van der Waals surface area contributed by atoms with Gasteiger partial charge in [0.25, 0.3) is 0 Å². The van der Waals surface area contributed by atoms with Crippen LogP contribution in [-0.4, -0.2) is 25.8 Å². The molecule has 4 nitrogen and oxygen atoms in total. The standard InChI is InChI=1S/C15H21NO3/c1-10(2)12-9-11(5-7-14(12)19-4)13(17)6-8-15(18)16-3/h5,7,9-10H,6,8H2,1-4H3,(H,16,18). The number of hydrogen-bond acceptors (Lipinski definition) is 3. The number of ketones is 1. The van der Waals surface area contributed by atoms with E-state index in [0.717, 1.165) is 11.3 Å². The summed E-state index contributed by atoms with van der Waals surface area (Å²) in [5, 5.41) is 2.51. The predicted molar refractivity (Wildman–Crippen MR) is 74.7 cm³/mol. The van der Waals surface area contributed by atoms with Gasteiger partial charge in [-0.15, -0.1) is 0 Å². The zero-order valence-corrected chi connectivity index (χ0v) is 11.9. The molecule has 1 amide bonds. The molecule has 1 N–H and O–H groups in total. The van der Waals surface area contributed by atoms with E-state index in [0.29, 0.717) is 5.56 Å². The Morgan fingerprint density at radius 3 is 2.47 bits per heavy atom. The smallest absolute Gasteiger partial charge is 0.220 e. The van der Waals surface area contributed by atoms with Gasteiger partial charge in [-0.2, -0.15) is 0 Å². The van der Waals surface area contributed by atoms with Crippen LogP contribution < -0.4 is 10.1 Å². The van der Waals surface area contributed by atoms with E-state index in [-0.39, 0.29) is 30.4 Å². The van der Waals surface area contributed by atoms with Crippen LogP contribution in [0.1, 0.15) is 48.5 Å². The molecule has 0 spiro atoms. The molecule has 4 heteroatoms. The fourth-order valence-electron chi connectivity index (χ4n) is 1.86. The highest BCUT2D eigenvalue weighted by atomic mass is 16.5. The molecule has 0 aliphatic heterocycles. The maximum absolute atomic E-state index is 12.0. The van der Waals surface area contributed by atoms with E-state index in [2.05, 4.69) is 19.2 Å². The molecule has 0 atom stereocenters. The average Bonchev–Trinajstić information content (AvgIpc) is 2.43. The molecule has 1 rings (SSSR count). The molecule has 1 aromatic rings. The van der Waals surface area contributed by atoms with Crippen molar-refractivity contribution in [2.45, 2.75) is 32.6 Å². The molecule has 0 bridgehead atoms. The first kappa shape index (κ1) is 15.2. The Balaban J connectivity index is 2.86. The Bertz CT molecular complexity index is 466. The van der Waals surface area contributed by atoms with Crippen molar-refractivity contribution in [2.24, 2.45) is 0 Å². The highest BCUT2D eigenvalue weighted by molar-refractivity contribution is 5.98. The zero-order valence-electron chi connectivity index (χ0n) is 11.9. The lowest BCUT2D eigenvalue weighted by atomic mass is 9.97. The SMILES string of the molecule is CNC(=O)CCC(=O)c1ccc(OC)c(C(C)C)c1. The number of nitrogens with one attached hydrogen (secondary N) is 1. The summed E-state index contributed by atoms with van der Waals surface area (Å²) >= 11 is 0. The van der Waals surface area contributed by atoms with Gasteiger partial charge in [0.05, 0.1) is 7.11 Å². The number of benzene rings is 1. The molecule has 0 unspecified atom stereocenters. The quantitative estimate of drug-likeness (QED) is 0.802. The van der Waals surface area contributed by atoms with Crippen LogP contribution in [0.3, 0.4) is 0 Å². The van der Waals surface area contributed by atoms with Crippen LogP contribution in [0, 0.1) is 0 Å². The Morgan fingerprint density at radius 1 is 1.26 bits per heavy atom. The molecular weight excluding hydrogens is 242 g/mol. The molecule has 104 valence electrons. The number of methoxy groups -OCH3 is 1. The van der Waals surface area contributed by atoms with E-state index in [4.69, 9.17) is 4.74 Å². The highest BCUT2D eigenvalue weighted by Crippen LogP contribution is 2.27. The normalized spacial score (nSPS) is 10.4. The number of carbonyl (C=O) groups excluding carboxylic acids is 2. The fraction of sp³-hybridized carbons (Fsp3) is 0.467. The van der Waals surface area contributed by atoms with Gasteiger partial charge in [-0.05, 0) is 29.7 Å². The van der Waals surface area contributed by atoms with E-state index in [9.17, 15) is 9.59 Å². The first-order valence-corrected chi connectivity index (χ1v) is 6.41. The summed E-state index contributed by atoms with van der Waals surface area (Å²) < 4.78 is 5.28. The van der Waals surface area contributed by atoms with Crippen molar-refractivity contribution in [2.75, 3.05) is 14.2 Å². The van der Waals surface area contributed by atoms with Crippen molar-refractivity contribution < 1.29 is 14.3 Å². The number of ether oxygens (including phenoxy) is 1. The van der Waals surface area contributed by atoms with E-state index < -0.39 is 0 Å². The molecule has 0 fully saturated rings. The summed E-state index contributed by atoms with van der Waals surface area (Å²) in [6.07, 6.45) is 0.446. The van der Waals surface area contributed by atoms with E-state index in [1.807, 2.05) is 12.1 Å². The first-order chi connectivity index (χ1) is 8.99. The number of carbonyl (C=O) groups is 2. The largest absolute Gasteiger partial charge is 0.496 e. The van der Waals surface area contributed by atoms with Gasteiger partial charge in [0.2, 0.25) is 5.91 Å². The van der Waals surface area contributed by atoms with Gasteiger partial charge in [-0.25, -0.2) is 0 Å². The van der Waals surface area contributed by atoms with Crippen LogP contribution in [0.5, 0.6) is 5.75 Å². The van der Waals surface area contributed by atoms with Crippen LogP contribution in [0.25, 0.3) is 0 Å². The van der Waals surface area contributed by atoms with Gasteiger partial charge >= 0.3 is 0 Å². The average molecular weight is 263 g/mol. The molecule has 0 radical (unpaired) electrons. The Labute approximate surface area is 114 Å². The minimum atomic E-state index is -0.119. The number of amides is 1. The van der Waals surface area contributed by atoms with Crippen molar-refractivity contribution in [1.29, 1.82) is 0 Å². The summed E-state index contributed by atoms with van der Waals surface area (Å²) in [4.78, 5) is 23.2. The fourth-order valence-corrected chi connectivity index (χ4v) is 1.86. The molecule has 0 aliphatic carbocycles. The van der Waals surface area contributed by atoms with Gasteiger partial charge in [-0.3, -0.25) is 9.59 Å². The van der Waals surface area contributed by atoms with Crippen molar-refractivity contribution >= 4 is 11.7 Å². The van der Waals surface area contributed by atoms with Gasteiger partial charge in [0.1, 0.15) is 5.75 Å². The summed E-state index contributed by atoms with van der Waals surface area (Å²) in [5.74, 6) is 0.929. The van der Waals surface area contributed by atoms with Crippen LogP contribution >= 0.6 is 0 Å². The molecule has 0 saturated heterocycles. The maximum Gasteiger partial charge on any atom is 0.220 e. The van der Waals surface area contributed by atoms with Gasteiger partial charge in [0, 0.05) is 25.5 Å². The topological polar surface area (TPSA) is 55.4 Å². The second-order valence-corrected chi connectivity index (χ2v) is 4.71. The second kappa shape index (κ2) is 6.92. The summed E-state index contributed by atoms with van der Waals surface area (Å²) in [7, 11) is 3.19. The Kier molecular flexibility index (Phi) is 5.55. The molecule has 1 aromatic carbocycles. The van der Waals surface area contributed by atoms with Crippen LogP contribution in [0.4, 0.5) is 0 Å². The van der Waals surface area contributed by atoms with E-state index in [1.54, 1.807) is 20.2 Å². The summed E-state index contributed by atoms with van der Waals surface area (Å²) in [6, 6.07) is 5.41. The lowest BCUT2D eigenvalue weighted by Crippen LogP contribution is -2.18. The van der Waals surface area contributed by atoms with Gasteiger partial charge in [-0.1, -0.05) is 13.8 Å². The lowest BCUT2D eigenvalue weighted by Gasteiger charge is -2.13. The third kappa shape index (κ3) is 4.09. The summed E-state index contributed by atoms with van der Waals surface area (Å²) in [6.45, 7) is 4.10. The number of hydrogen-bond donors (Lipinski definition) is 1. The van der Waals surface area contributed by atoms with Crippen LogP contribution in [-0.2, 0) is 4.79 Å². The Morgan fingerprint density at radius 2 is 1.95 bits per heavy atom. The van der Waals surface area contributed by atoms with E-state index >= 15 is 0 Å². The molecule has 0 heterocycles. The molecule has 0 aromatic heterocycles. The lowest BCUT2D eigenvalue weighted by molar-refractivity contribution is -0.120. The monoisotopic (exact) mass is 263 g/mol. The van der Waals surface area contributed by atoms with Crippen LogP contribution in [0.15, 0.2) is 18.2 Å². The minimum absolute atomic E-state index is 0.0202. The first-order valence-electron chi connectivity index (χ1n) is 6.41. The predicted octanol–water partition coefficient (Wildman–Crippen LogP) is 2.53. The van der Waals surface area contributed by atoms with Crippen molar-refractivity contribution in [1.82, 2.24) is 5.32 Å². The molecule has 0 aliphatic rings. The number of Topliss-reactive ketones (excluding diaryl/α,β-unsaturated/α-hetero) is 1. The maximum atomic E-state index is 12.0. The number of rotatable bonds is 6. The van der Waals surface area contributed by atoms with Crippen molar-refractivity contribution in [3.05, 3.63) is 29.3 Å². The van der Waals surface area contributed by atoms with Crippen LogP contribution in [0.2, 0.25) is 0 Å². The van der Waals surface area contributed by atoms with E-state index in [1.165, 1.54) is 0 Å². The second-order valence-electron chi connectivity index (χ2n) is 4.71. The Hall–Kier alpha value is -1.84. The molecular formula is C15H21NO3. The van der Waals surface area contributed by atoms with Crippen molar-refractivity contribution in [3.63, 3.8) is 0 Å². The van der Waals surface area contributed by atoms with Gasteiger partial charge < -0.3 is 10.1 Å². The molecule has 0 saturated carbocycles. The van der Waals surface area contributed by atoms with Gasteiger partial charge in [0.15, 0.2) is 5.78 Å². The summed E-state index contributed by atoms with van der Waals surface area (Å²) in [5.41, 5.74) is 1.64.